The molecule has 0 aliphatic carbocycles. The number of rotatable bonds is 21. The predicted octanol–water partition coefficient (Wildman–Crippen LogP) is 20.1. The number of anilines is 6. The van der Waals surface area contributed by atoms with Crippen molar-refractivity contribution in [1.29, 1.82) is 5.26 Å². The fourth-order valence-electron chi connectivity index (χ4n) is 10.6. The van der Waals surface area contributed by atoms with E-state index < -0.39 is 5.97 Å². The first kappa shape index (κ1) is 52.1. The number of aliphatic carboxylic acids is 1. The number of benzene rings is 7. The number of thiophene rings is 3. The molecule has 3 aromatic heterocycles. The Morgan fingerprint density at radius 3 is 1.55 bits per heavy atom. The van der Waals surface area contributed by atoms with Crippen LogP contribution < -0.4 is 19.3 Å². The first-order valence-electron chi connectivity index (χ1n) is 27.2. The van der Waals surface area contributed by atoms with E-state index in [9.17, 15) is 15.2 Å². The Morgan fingerprint density at radius 2 is 1.03 bits per heavy atom. The van der Waals surface area contributed by atoms with E-state index in [0.717, 1.165) is 139 Å². The molecule has 0 fully saturated rings. The summed E-state index contributed by atoms with van der Waals surface area (Å²) in [4.78, 5) is 22.9. The Bertz CT molecular complexity index is 3670. The van der Waals surface area contributed by atoms with Crippen LogP contribution in [0, 0.1) is 11.3 Å². The smallest absolute Gasteiger partial charge is 0.346 e. The first-order valence-corrected chi connectivity index (χ1v) is 29.7. The highest BCUT2D eigenvalue weighted by atomic mass is 32.1. The molecule has 0 saturated carbocycles. The molecule has 10 heteroatoms. The Balaban J connectivity index is 1.13. The number of hydrogen-bond acceptors (Lipinski definition) is 9. The van der Waals surface area contributed by atoms with Crippen LogP contribution in [0.3, 0.4) is 0 Å². The number of ether oxygens (including phenoxy) is 2. The zero-order chi connectivity index (χ0) is 53.4. The number of carbonyl (C=O) groups is 1. The van der Waals surface area contributed by atoms with Crippen LogP contribution in [0.15, 0.2) is 181 Å². The van der Waals surface area contributed by atoms with Gasteiger partial charge in [-0.2, -0.15) is 5.26 Å². The van der Waals surface area contributed by atoms with Crippen LogP contribution in [0.5, 0.6) is 11.5 Å². The summed E-state index contributed by atoms with van der Waals surface area (Å²) in [6, 6.07) is 65.5. The van der Waals surface area contributed by atoms with Crippen LogP contribution in [0.1, 0.15) is 81.2 Å². The van der Waals surface area contributed by atoms with Crippen LogP contribution >= 0.6 is 34.0 Å². The standard InChI is InChI=1S/C68H61N3O4S3/c1-3-5-7-11-25-50-41-60(42-53(45-69)68(72)73)76-65(50)67-63-62(74-35-36-75-63)66(78-67)61-43-51(26-12-8-6-4-2)64(77-61)52-39-58(70(54-27-13-9-14-28-54)56-33-31-46-21-17-19-23-48(46)37-56)44-59(40-52)71(55-29-15-10-16-30-55)57-34-32-47-22-18-20-24-49(47)38-57/h9-10,13-24,27-34,37-44H,3-8,11-12,25-26,35-36H2,1-2H3,(H,72,73)/b53-42+. The molecule has 0 saturated heterocycles. The summed E-state index contributed by atoms with van der Waals surface area (Å²) in [5.74, 6) is 0.257. The van der Waals surface area contributed by atoms with Gasteiger partial charge in [-0.1, -0.05) is 149 Å². The minimum Gasteiger partial charge on any atom is -0.485 e. The molecule has 7 nitrogen and oxygen atoms in total. The number of unbranched alkanes of at least 4 members (excludes halogenated alkanes) is 6. The average Bonchev–Trinajstić information content (AvgIpc) is 4.27. The molecule has 11 rings (SSSR count). The number of nitrogens with zero attached hydrogens (tertiary/aromatic N) is 3. The van der Waals surface area contributed by atoms with Crippen molar-refractivity contribution in [3.05, 3.63) is 198 Å². The molecule has 1 N–H and O–H groups in total. The molecule has 7 aromatic carbocycles. The number of carboxylic acids is 1. The number of para-hydroxylation sites is 2. The Hall–Kier alpha value is -7.94. The summed E-state index contributed by atoms with van der Waals surface area (Å²) in [6.07, 6.45) is 12.2. The van der Waals surface area contributed by atoms with E-state index in [1.54, 1.807) is 11.3 Å². The van der Waals surface area contributed by atoms with Gasteiger partial charge in [0, 0.05) is 48.8 Å². The molecular weight excluding hydrogens is 1020 g/mol. The number of nitriles is 1. The zero-order valence-corrected chi connectivity index (χ0v) is 46.5. The third kappa shape index (κ3) is 11.2. The van der Waals surface area contributed by atoms with Crippen LogP contribution in [0.4, 0.5) is 34.1 Å². The molecule has 4 heterocycles. The topological polar surface area (TPSA) is 86.0 Å². The minimum atomic E-state index is -1.23. The average molecular weight is 1080 g/mol. The van der Waals surface area contributed by atoms with Crippen molar-refractivity contribution < 1.29 is 19.4 Å². The summed E-state index contributed by atoms with van der Waals surface area (Å²) < 4.78 is 13.3. The third-order valence-electron chi connectivity index (χ3n) is 14.4. The van der Waals surface area contributed by atoms with Crippen LogP contribution in [0.25, 0.3) is 57.6 Å². The van der Waals surface area contributed by atoms with Crippen LogP contribution in [-0.4, -0.2) is 24.3 Å². The van der Waals surface area contributed by atoms with Gasteiger partial charge < -0.3 is 24.4 Å². The van der Waals surface area contributed by atoms with Gasteiger partial charge in [-0.15, -0.1) is 34.0 Å². The number of fused-ring (bicyclic) bond motifs is 3. The molecule has 1 aliphatic rings. The van der Waals surface area contributed by atoms with Crippen molar-refractivity contribution in [2.45, 2.75) is 78.1 Å². The lowest BCUT2D eigenvalue weighted by Crippen LogP contribution is -2.14. The predicted molar refractivity (Wildman–Crippen MR) is 329 cm³/mol. The molecule has 0 atom stereocenters. The molecular formula is C68H61N3O4S3. The highest BCUT2D eigenvalue weighted by Crippen LogP contribution is 2.58. The van der Waals surface area contributed by atoms with Crippen LogP contribution in [-0.2, 0) is 17.6 Å². The molecule has 10 aromatic rings. The van der Waals surface area contributed by atoms with Gasteiger partial charge in [-0.3, -0.25) is 0 Å². The van der Waals surface area contributed by atoms with Gasteiger partial charge in [0.2, 0.25) is 0 Å². The van der Waals surface area contributed by atoms with Gasteiger partial charge in [0.15, 0.2) is 11.5 Å². The second-order valence-electron chi connectivity index (χ2n) is 19.8. The maximum Gasteiger partial charge on any atom is 0.346 e. The van der Waals surface area contributed by atoms with Crippen molar-refractivity contribution in [2.24, 2.45) is 0 Å². The highest BCUT2D eigenvalue weighted by Gasteiger charge is 2.31. The molecule has 0 radical (unpaired) electrons. The van der Waals surface area contributed by atoms with Gasteiger partial charge >= 0.3 is 5.97 Å². The molecule has 1 aliphatic heterocycles. The molecule has 78 heavy (non-hydrogen) atoms. The monoisotopic (exact) mass is 1080 g/mol. The number of carboxylic acid groups (broad SMARTS) is 1. The van der Waals surface area contributed by atoms with Crippen molar-refractivity contribution in [2.75, 3.05) is 23.0 Å². The summed E-state index contributed by atoms with van der Waals surface area (Å²) in [5, 5.41) is 24.3. The van der Waals surface area contributed by atoms with Gasteiger partial charge in [-0.05, 0) is 149 Å². The summed E-state index contributed by atoms with van der Waals surface area (Å²) in [5.41, 5.74) is 9.54. The first-order chi connectivity index (χ1) is 38.4. The van der Waals surface area contributed by atoms with E-state index in [1.807, 2.05) is 17.4 Å². The number of hydrogen-bond donors (Lipinski definition) is 1. The summed E-state index contributed by atoms with van der Waals surface area (Å²) in [6.45, 7) is 5.34. The fraction of sp³-hybridized carbons (Fsp3) is 0.206. The second-order valence-corrected chi connectivity index (χ2v) is 23.0. The van der Waals surface area contributed by atoms with Crippen molar-refractivity contribution in [3.8, 4) is 47.5 Å². The van der Waals surface area contributed by atoms with Crippen molar-refractivity contribution in [3.63, 3.8) is 0 Å². The molecule has 0 spiro atoms. The van der Waals surface area contributed by atoms with Gasteiger partial charge in [-0.25, -0.2) is 4.79 Å². The molecule has 0 amide bonds. The largest absolute Gasteiger partial charge is 0.485 e. The van der Waals surface area contributed by atoms with E-state index in [2.05, 4.69) is 200 Å². The quantitative estimate of drug-likeness (QED) is 0.0436. The Kier molecular flexibility index (Phi) is 16.1. The Labute approximate surface area is 469 Å². The maximum atomic E-state index is 12.0. The Morgan fingerprint density at radius 1 is 0.513 bits per heavy atom. The zero-order valence-electron chi connectivity index (χ0n) is 44.0. The SMILES string of the molecule is CCCCCCc1cc(-c2sc(-c3sc(/C=C(\C#N)C(=O)O)cc3CCCCCC)c3c2OCCO3)sc1-c1cc(N(c2ccccc2)c2ccc3ccccc3c2)cc(N(c2ccccc2)c2ccc3ccccc3c2)c1. The minimum absolute atomic E-state index is 0.285. The van der Waals surface area contributed by atoms with E-state index >= 15 is 0 Å². The highest BCUT2D eigenvalue weighted by molar-refractivity contribution is 7.28. The van der Waals surface area contributed by atoms with Gasteiger partial charge in [0.1, 0.15) is 24.9 Å². The van der Waals surface area contributed by atoms with E-state index in [1.165, 1.54) is 55.8 Å². The molecule has 0 unspecified atom stereocenters. The third-order valence-corrected chi connectivity index (χ3v) is 18.2. The lowest BCUT2D eigenvalue weighted by Gasteiger charge is -2.30. The fourth-order valence-corrected chi connectivity index (χ4v) is 14.4. The summed E-state index contributed by atoms with van der Waals surface area (Å²) >= 11 is 5.02. The van der Waals surface area contributed by atoms with E-state index in [-0.39, 0.29) is 5.57 Å². The van der Waals surface area contributed by atoms with Gasteiger partial charge in [0.25, 0.3) is 0 Å². The van der Waals surface area contributed by atoms with E-state index in [4.69, 9.17) is 9.47 Å². The van der Waals surface area contributed by atoms with Crippen molar-refractivity contribution in [1.82, 2.24) is 0 Å². The summed E-state index contributed by atoms with van der Waals surface area (Å²) in [7, 11) is 0. The van der Waals surface area contributed by atoms with Gasteiger partial charge in [0.05, 0.1) is 14.6 Å². The normalized spacial score (nSPS) is 12.2. The molecule has 390 valence electrons. The van der Waals surface area contributed by atoms with Crippen LogP contribution in [0.2, 0.25) is 0 Å². The lowest BCUT2D eigenvalue weighted by atomic mass is 10.0. The lowest BCUT2D eigenvalue weighted by molar-refractivity contribution is -0.132. The number of aryl methyl sites for hydroxylation is 2. The maximum absolute atomic E-state index is 12.0. The molecule has 0 bridgehead atoms. The second kappa shape index (κ2) is 24.2. The van der Waals surface area contributed by atoms with E-state index in [0.29, 0.717) is 13.2 Å². The van der Waals surface area contributed by atoms with Crippen molar-refractivity contribution >= 4 is 102 Å².